The minimum Gasteiger partial charge on any atom is -0.176 e. The summed E-state index contributed by atoms with van der Waals surface area (Å²) in [5.74, 6) is 0. The molecule has 0 aliphatic heterocycles. The highest BCUT2D eigenvalue weighted by Gasteiger charge is 1.98. The van der Waals surface area contributed by atoms with Gasteiger partial charge >= 0.3 is 0 Å². The van der Waals surface area contributed by atoms with Gasteiger partial charge in [0.25, 0.3) is 0 Å². The Balaban J connectivity index is 2.92. The third-order valence-corrected chi connectivity index (χ3v) is 3.24. The average molecular weight is 215 g/mol. The van der Waals surface area contributed by atoms with Gasteiger partial charge in [-0.2, -0.15) is 12.6 Å². The van der Waals surface area contributed by atoms with E-state index in [0.29, 0.717) is 5.25 Å². The summed E-state index contributed by atoms with van der Waals surface area (Å²) in [6.07, 6.45) is 13.5. The Bertz CT molecular complexity index is 101. The minimum atomic E-state index is 0.537. The van der Waals surface area contributed by atoms with E-state index in [4.69, 9.17) is 0 Å². The van der Waals surface area contributed by atoms with E-state index in [1.165, 1.54) is 57.8 Å². The molecule has 1 heteroatoms. The zero-order valence-corrected chi connectivity index (χ0v) is 10.7. The van der Waals surface area contributed by atoms with E-state index in [2.05, 4.69) is 26.5 Å². The number of hydrogen-bond acceptors (Lipinski definition) is 1. The van der Waals surface area contributed by atoms with E-state index in [1.807, 2.05) is 0 Å². The van der Waals surface area contributed by atoms with Crippen molar-refractivity contribution in [2.45, 2.75) is 76.4 Å². The molecule has 0 amide bonds. The lowest BCUT2D eigenvalue weighted by Crippen LogP contribution is -1.95. The van der Waals surface area contributed by atoms with E-state index in [9.17, 15) is 0 Å². The first kappa shape index (κ1) is 14.3. The van der Waals surface area contributed by atoms with Gasteiger partial charge in [-0.3, -0.25) is 0 Å². The molecule has 1 unspecified atom stereocenters. The number of rotatable bonds is 10. The van der Waals surface area contributed by atoms with E-state index < -0.39 is 0 Å². The van der Waals surface area contributed by atoms with Crippen molar-refractivity contribution in [3.63, 3.8) is 0 Å². The standard InChI is InChI=1S/C13H27S/c1-3-5-6-7-8-9-10-11-12-13(14)4-2/h13-14H,2-12H2,1H3. The van der Waals surface area contributed by atoms with Gasteiger partial charge in [0.2, 0.25) is 0 Å². The Morgan fingerprint density at radius 2 is 1.43 bits per heavy atom. The Kier molecular flexibility index (Phi) is 11.7. The lowest BCUT2D eigenvalue weighted by molar-refractivity contribution is 0.561. The molecule has 0 rings (SSSR count). The van der Waals surface area contributed by atoms with Crippen molar-refractivity contribution in [1.29, 1.82) is 0 Å². The maximum absolute atomic E-state index is 4.44. The second kappa shape index (κ2) is 11.4. The molecular weight excluding hydrogens is 188 g/mol. The van der Waals surface area contributed by atoms with Gasteiger partial charge in [-0.05, 0) is 12.8 Å². The fourth-order valence-electron chi connectivity index (χ4n) is 1.66. The molecular formula is C13H27S. The highest BCUT2D eigenvalue weighted by molar-refractivity contribution is 7.80. The van der Waals surface area contributed by atoms with Crippen LogP contribution in [0.25, 0.3) is 0 Å². The Morgan fingerprint density at radius 1 is 0.929 bits per heavy atom. The zero-order valence-electron chi connectivity index (χ0n) is 9.80. The SMILES string of the molecule is [CH2]CC(S)CCCCCCCCCC. The summed E-state index contributed by atoms with van der Waals surface area (Å²) in [4.78, 5) is 0. The summed E-state index contributed by atoms with van der Waals surface area (Å²) in [5.41, 5.74) is 0. The average Bonchev–Trinajstić information content (AvgIpc) is 2.21. The van der Waals surface area contributed by atoms with Crippen molar-refractivity contribution in [2.75, 3.05) is 0 Å². The van der Waals surface area contributed by atoms with Crippen molar-refractivity contribution in [1.82, 2.24) is 0 Å². The van der Waals surface area contributed by atoms with Crippen LogP contribution < -0.4 is 0 Å². The molecule has 0 N–H and O–H groups in total. The Hall–Kier alpha value is 0.350. The summed E-state index contributed by atoms with van der Waals surface area (Å²) >= 11 is 4.44. The van der Waals surface area contributed by atoms with Crippen LogP contribution in [0.1, 0.15) is 71.1 Å². The molecule has 0 aromatic heterocycles. The fourth-order valence-corrected chi connectivity index (χ4v) is 1.84. The van der Waals surface area contributed by atoms with Gasteiger partial charge in [0.15, 0.2) is 0 Å². The number of unbranched alkanes of at least 4 members (excludes halogenated alkanes) is 7. The van der Waals surface area contributed by atoms with Gasteiger partial charge in [-0.25, -0.2) is 0 Å². The Labute approximate surface area is 96.3 Å². The quantitative estimate of drug-likeness (QED) is 0.383. The Morgan fingerprint density at radius 3 is 1.93 bits per heavy atom. The van der Waals surface area contributed by atoms with Crippen LogP contribution in [0.5, 0.6) is 0 Å². The van der Waals surface area contributed by atoms with Crippen LogP contribution in [0.4, 0.5) is 0 Å². The molecule has 0 aromatic carbocycles. The van der Waals surface area contributed by atoms with Crippen LogP contribution in [0.3, 0.4) is 0 Å². The third kappa shape index (κ3) is 10.4. The molecule has 0 saturated carbocycles. The molecule has 0 fully saturated rings. The topological polar surface area (TPSA) is 0 Å². The van der Waals surface area contributed by atoms with Gasteiger partial charge in [0, 0.05) is 5.25 Å². The zero-order chi connectivity index (χ0) is 10.6. The van der Waals surface area contributed by atoms with E-state index in [1.54, 1.807) is 0 Å². The molecule has 0 aliphatic carbocycles. The molecule has 0 aromatic rings. The maximum atomic E-state index is 4.44. The minimum absolute atomic E-state index is 0.537. The van der Waals surface area contributed by atoms with Crippen LogP contribution in [0.2, 0.25) is 0 Å². The van der Waals surface area contributed by atoms with Crippen LogP contribution in [0, 0.1) is 6.92 Å². The van der Waals surface area contributed by atoms with Crippen LogP contribution >= 0.6 is 12.6 Å². The molecule has 0 nitrogen and oxygen atoms in total. The lowest BCUT2D eigenvalue weighted by Gasteiger charge is -2.06. The first-order valence-electron chi connectivity index (χ1n) is 6.28. The molecule has 14 heavy (non-hydrogen) atoms. The lowest BCUT2D eigenvalue weighted by atomic mass is 10.1. The molecule has 85 valence electrons. The normalized spacial score (nSPS) is 13.1. The molecule has 0 aliphatic rings. The largest absolute Gasteiger partial charge is 0.176 e. The van der Waals surface area contributed by atoms with E-state index in [-0.39, 0.29) is 0 Å². The van der Waals surface area contributed by atoms with Gasteiger partial charge in [0.1, 0.15) is 0 Å². The molecule has 0 spiro atoms. The molecule has 0 saturated heterocycles. The van der Waals surface area contributed by atoms with Gasteiger partial charge in [-0.15, -0.1) is 0 Å². The summed E-state index contributed by atoms with van der Waals surface area (Å²) in [6, 6.07) is 0. The van der Waals surface area contributed by atoms with Crippen LogP contribution in [0.15, 0.2) is 0 Å². The second-order valence-corrected chi connectivity index (χ2v) is 4.94. The first-order chi connectivity index (χ1) is 6.81. The molecule has 0 heterocycles. The van der Waals surface area contributed by atoms with Crippen LogP contribution in [-0.4, -0.2) is 5.25 Å². The predicted octanol–water partition coefficient (Wildman–Crippen LogP) is 5.04. The van der Waals surface area contributed by atoms with Crippen molar-refractivity contribution in [3.8, 4) is 0 Å². The molecule has 1 radical (unpaired) electrons. The van der Waals surface area contributed by atoms with Gasteiger partial charge in [0.05, 0.1) is 0 Å². The fraction of sp³-hybridized carbons (Fsp3) is 0.923. The van der Waals surface area contributed by atoms with E-state index in [0.717, 1.165) is 6.42 Å². The predicted molar refractivity (Wildman–Crippen MR) is 70.0 cm³/mol. The summed E-state index contributed by atoms with van der Waals surface area (Å²) < 4.78 is 0. The smallest absolute Gasteiger partial charge is 0.00168 e. The van der Waals surface area contributed by atoms with Gasteiger partial charge in [-0.1, -0.05) is 65.2 Å². The molecule has 1 atom stereocenters. The van der Waals surface area contributed by atoms with Gasteiger partial charge < -0.3 is 0 Å². The highest BCUT2D eigenvalue weighted by atomic mass is 32.1. The van der Waals surface area contributed by atoms with Crippen molar-refractivity contribution < 1.29 is 0 Å². The summed E-state index contributed by atoms with van der Waals surface area (Å²) in [7, 11) is 0. The maximum Gasteiger partial charge on any atom is 0.00168 e. The second-order valence-electron chi connectivity index (χ2n) is 4.21. The van der Waals surface area contributed by atoms with Crippen molar-refractivity contribution >= 4 is 12.6 Å². The number of hydrogen-bond donors (Lipinski definition) is 1. The van der Waals surface area contributed by atoms with E-state index >= 15 is 0 Å². The molecule has 0 bridgehead atoms. The first-order valence-corrected chi connectivity index (χ1v) is 6.80. The number of thiol groups is 1. The summed E-state index contributed by atoms with van der Waals surface area (Å²) in [5, 5.41) is 0.537. The van der Waals surface area contributed by atoms with Crippen molar-refractivity contribution in [2.24, 2.45) is 0 Å². The van der Waals surface area contributed by atoms with Crippen LogP contribution in [-0.2, 0) is 0 Å². The highest BCUT2D eigenvalue weighted by Crippen LogP contribution is 2.13. The monoisotopic (exact) mass is 215 g/mol. The van der Waals surface area contributed by atoms with Crippen molar-refractivity contribution in [3.05, 3.63) is 6.92 Å². The third-order valence-electron chi connectivity index (χ3n) is 2.72. The summed E-state index contributed by atoms with van der Waals surface area (Å²) in [6.45, 7) is 6.13.